The molecule has 0 N–H and O–H groups in total. The second kappa shape index (κ2) is 47.5. The highest BCUT2D eigenvalue weighted by Crippen LogP contribution is 2.17. The third-order valence-electron chi connectivity index (χ3n) is 12.0. The van der Waals surface area contributed by atoms with Crippen molar-refractivity contribution in [3.05, 3.63) is 0 Å². The maximum absolute atomic E-state index is 12.7. The van der Waals surface area contributed by atoms with E-state index >= 15 is 0 Å². The van der Waals surface area contributed by atoms with Gasteiger partial charge in [-0.25, -0.2) is 0 Å². The molecule has 0 saturated heterocycles. The van der Waals surface area contributed by atoms with Gasteiger partial charge in [-0.05, 0) is 25.2 Å². The molecular weight excluding hydrogens is 733 g/mol. The van der Waals surface area contributed by atoms with Crippen molar-refractivity contribution in [1.29, 1.82) is 0 Å². The first-order chi connectivity index (χ1) is 28.9. The number of rotatable bonds is 48. The summed E-state index contributed by atoms with van der Waals surface area (Å²) in [5, 5.41) is 0. The summed E-state index contributed by atoms with van der Waals surface area (Å²) in [6.07, 6.45) is 49.5. The predicted molar refractivity (Wildman–Crippen MR) is 252 cm³/mol. The lowest BCUT2D eigenvalue weighted by atomic mass is 10.0. The van der Waals surface area contributed by atoms with Crippen LogP contribution in [-0.2, 0) is 28.6 Å². The van der Waals surface area contributed by atoms with Gasteiger partial charge in [-0.1, -0.05) is 259 Å². The van der Waals surface area contributed by atoms with E-state index in [9.17, 15) is 14.4 Å². The summed E-state index contributed by atoms with van der Waals surface area (Å²) < 4.78 is 16.8. The van der Waals surface area contributed by atoms with E-state index in [4.69, 9.17) is 14.2 Å². The SMILES string of the molecule is CCCCCCCCCCCCCCCCC(=O)OC[C@H](COC(=O)CCCCCCCCCCCCCCCCCC(C)C)OC(=O)CCCCCCCCCCC. The molecule has 0 fully saturated rings. The summed E-state index contributed by atoms with van der Waals surface area (Å²) in [6.45, 7) is 9.03. The lowest BCUT2D eigenvalue weighted by Crippen LogP contribution is -2.30. The Bertz CT molecular complexity index is 887. The van der Waals surface area contributed by atoms with Crippen LogP contribution in [0.5, 0.6) is 0 Å². The second-order valence-corrected chi connectivity index (χ2v) is 18.6. The highest BCUT2D eigenvalue weighted by atomic mass is 16.6. The molecule has 1 atom stereocenters. The van der Waals surface area contributed by atoms with E-state index < -0.39 is 6.10 Å². The van der Waals surface area contributed by atoms with E-state index in [0.29, 0.717) is 19.3 Å². The molecule has 0 bridgehead atoms. The highest BCUT2D eigenvalue weighted by molar-refractivity contribution is 5.71. The molecule has 59 heavy (non-hydrogen) atoms. The molecule has 0 spiro atoms. The standard InChI is InChI=1S/C53H102O6/c1-5-7-9-11-13-15-16-17-22-25-29-32-36-40-44-51(54)57-47-50(59-53(56)46-42-38-34-27-14-12-10-8-6-2)48-58-52(55)45-41-37-33-30-26-23-20-18-19-21-24-28-31-35-39-43-49(3)4/h49-50H,5-48H2,1-4H3/t50-/m1/s1. The molecule has 0 aromatic carbocycles. The average molecular weight is 835 g/mol. The summed E-state index contributed by atoms with van der Waals surface area (Å²) in [5.41, 5.74) is 0. The number of unbranched alkanes of at least 4 members (excludes halogenated alkanes) is 35. The normalized spacial score (nSPS) is 11.9. The van der Waals surface area contributed by atoms with Crippen molar-refractivity contribution in [3.63, 3.8) is 0 Å². The fourth-order valence-corrected chi connectivity index (χ4v) is 8.04. The lowest BCUT2D eigenvalue weighted by molar-refractivity contribution is -0.167. The van der Waals surface area contributed by atoms with Crippen molar-refractivity contribution in [3.8, 4) is 0 Å². The van der Waals surface area contributed by atoms with Gasteiger partial charge in [-0.15, -0.1) is 0 Å². The van der Waals surface area contributed by atoms with E-state index in [1.165, 1.54) is 193 Å². The Morgan fingerprint density at radius 1 is 0.322 bits per heavy atom. The molecule has 0 aromatic heterocycles. The van der Waals surface area contributed by atoms with Crippen molar-refractivity contribution < 1.29 is 28.6 Å². The number of carbonyl (C=O) groups is 3. The average Bonchev–Trinajstić information content (AvgIpc) is 3.22. The molecule has 0 amide bonds. The molecule has 0 rings (SSSR count). The van der Waals surface area contributed by atoms with Crippen molar-refractivity contribution in [2.24, 2.45) is 5.92 Å². The molecule has 0 aliphatic heterocycles. The number of hydrogen-bond acceptors (Lipinski definition) is 6. The summed E-state index contributed by atoms with van der Waals surface area (Å²) in [7, 11) is 0. The van der Waals surface area contributed by atoms with Crippen LogP contribution in [0.15, 0.2) is 0 Å². The van der Waals surface area contributed by atoms with Crippen LogP contribution in [0.25, 0.3) is 0 Å². The Balaban J connectivity index is 4.21. The van der Waals surface area contributed by atoms with Gasteiger partial charge in [0.05, 0.1) is 0 Å². The third kappa shape index (κ3) is 47.3. The van der Waals surface area contributed by atoms with E-state index in [2.05, 4.69) is 27.7 Å². The Kier molecular flexibility index (Phi) is 46.2. The van der Waals surface area contributed by atoms with Crippen LogP contribution in [0.3, 0.4) is 0 Å². The van der Waals surface area contributed by atoms with Gasteiger partial charge < -0.3 is 14.2 Å². The van der Waals surface area contributed by atoms with Crippen LogP contribution in [0.4, 0.5) is 0 Å². The first-order valence-electron chi connectivity index (χ1n) is 26.4. The second-order valence-electron chi connectivity index (χ2n) is 18.6. The summed E-state index contributed by atoms with van der Waals surface area (Å²) in [5.74, 6) is 0.00385. The predicted octanol–water partition coefficient (Wildman–Crippen LogP) is 17.1. The van der Waals surface area contributed by atoms with Crippen LogP contribution < -0.4 is 0 Å². The van der Waals surface area contributed by atoms with Gasteiger partial charge in [-0.3, -0.25) is 14.4 Å². The molecular formula is C53H102O6. The van der Waals surface area contributed by atoms with Gasteiger partial charge in [0, 0.05) is 19.3 Å². The van der Waals surface area contributed by atoms with Gasteiger partial charge in [-0.2, -0.15) is 0 Å². The summed E-state index contributed by atoms with van der Waals surface area (Å²) in [6, 6.07) is 0. The molecule has 0 aliphatic carbocycles. The minimum absolute atomic E-state index is 0.0627. The van der Waals surface area contributed by atoms with Gasteiger partial charge >= 0.3 is 17.9 Å². The third-order valence-corrected chi connectivity index (χ3v) is 12.0. The fraction of sp³-hybridized carbons (Fsp3) is 0.943. The maximum atomic E-state index is 12.7. The van der Waals surface area contributed by atoms with Crippen molar-refractivity contribution in [2.75, 3.05) is 13.2 Å². The molecule has 0 radical (unpaired) electrons. The zero-order chi connectivity index (χ0) is 43.1. The zero-order valence-electron chi connectivity index (χ0n) is 40.2. The Hall–Kier alpha value is -1.59. The van der Waals surface area contributed by atoms with E-state index in [0.717, 1.165) is 63.7 Å². The largest absolute Gasteiger partial charge is 0.462 e. The van der Waals surface area contributed by atoms with Crippen molar-refractivity contribution >= 4 is 17.9 Å². The van der Waals surface area contributed by atoms with E-state index in [1.54, 1.807) is 0 Å². The molecule has 0 aliphatic rings. The highest BCUT2D eigenvalue weighted by Gasteiger charge is 2.19. The molecule has 0 saturated carbocycles. The number of ether oxygens (including phenoxy) is 3. The summed E-state index contributed by atoms with van der Waals surface area (Å²) >= 11 is 0. The molecule has 0 aromatic rings. The van der Waals surface area contributed by atoms with E-state index in [1.807, 2.05) is 0 Å². The van der Waals surface area contributed by atoms with Crippen LogP contribution in [0.1, 0.15) is 297 Å². The van der Waals surface area contributed by atoms with Crippen LogP contribution >= 0.6 is 0 Å². The molecule has 6 heteroatoms. The number of hydrogen-bond donors (Lipinski definition) is 0. The first-order valence-corrected chi connectivity index (χ1v) is 26.4. The fourth-order valence-electron chi connectivity index (χ4n) is 8.04. The molecule has 6 nitrogen and oxygen atoms in total. The van der Waals surface area contributed by atoms with Crippen molar-refractivity contribution in [2.45, 2.75) is 303 Å². The topological polar surface area (TPSA) is 78.9 Å². The van der Waals surface area contributed by atoms with Crippen molar-refractivity contribution in [1.82, 2.24) is 0 Å². The van der Waals surface area contributed by atoms with Gasteiger partial charge in [0.2, 0.25) is 0 Å². The lowest BCUT2D eigenvalue weighted by Gasteiger charge is -2.18. The molecule has 0 heterocycles. The van der Waals surface area contributed by atoms with Crippen LogP contribution in [0, 0.1) is 5.92 Å². The zero-order valence-corrected chi connectivity index (χ0v) is 40.2. The Morgan fingerprint density at radius 3 is 0.831 bits per heavy atom. The Labute approximate surface area is 368 Å². The van der Waals surface area contributed by atoms with Crippen LogP contribution in [0.2, 0.25) is 0 Å². The first kappa shape index (κ1) is 57.4. The summed E-state index contributed by atoms with van der Waals surface area (Å²) in [4.78, 5) is 37.9. The Morgan fingerprint density at radius 2 is 0.559 bits per heavy atom. The number of carbonyl (C=O) groups excluding carboxylic acids is 3. The smallest absolute Gasteiger partial charge is 0.306 e. The molecule has 0 unspecified atom stereocenters. The number of esters is 3. The monoisotopic (exact) mass is 835 g/mol. The molecule has 350 valence electrons. The minimum atomic E-state index is -0.759. The van der Waals surface area contributed by atoms with Gasteiger partial charge in [0.15, 0.2) is 6.10 Å². The van der Waals surface area contributed by atoms with E-state index in [-0.39, 0.29) is 31.1 Å². The van der Waals surface area contributed by atoms with Gasteiger partial charge in [0.25, 0.3) is 0 Å². The van der Waals surface area contributed by atoms with Crippen LogP contribution in [-0.4, -0.2) is 37.2 Å². The van der Waals surface area contributed by atoms with Gasteiger partial charge in [0.1, 0.15) is 13.2 Å². The quantitative estimate of drug-likeness (QED) is 0.0345. The minimum Gasteiger partial charge on any atom is -0.462 e. The maximum Gasteiger partial charge on any atom is 0.306 e.